The highest BCUT2D eigenvalue weighted by Crippen LogP contribution is 2.21. The quantitative estimate of drug-likeness (QED) is 0.231. The van der Waals surface area contributed by atoms with Gasteiger partial charge in [0.1, 0.15) is 27.2 Å². The molecule has 0 aliphatic carbocycles. The van der Waals surface area contributed by atoms with Crippen molar-refractivity contribution < 1.29 is 49.0 Å². The third-order valence-corrected chi connectivity index (χ3v) is 3.76. The molecule has 1 aromatic carbocycles. The van der Waals surface area contributed by atoms with Gasteiger partial charge in [-0.1, -0.05) is 0 Å². The van der Waals surface area contributed by atoms with Crippen molar-refractivity contribution in [1.82, 2.24) is 0 Å². The van der Waals surface area contributed by atoms with Gasteiger partial charge in [0, 0.05) is 13.2 Å². The summed E-state index contributed by atoms with van der Waals surface area (Å²) < 4.78 is 19.4. The molecular weight excluding hydrogens is 376 g/mol. The second-order valence-electron chi connectivity index (χ2n) is 5.71. The standard InChI is InChI=1S/C18H26O10/c19-9-27-11-25-5-1-3-13-7-15(17(21)22)14(16(8-13)18(23)24)4-2-6-26-12-28-10-20/h7-8,19-20H,1-6,9-12H2,(H,21,22)(H,23,24). The molecule has 1 rings (SSSR count). The van der Waals surface area contributed by atoms with Gasteiger partial charge in [-0.2, -0.15) is 0 Å². The van der Waals surface area contributed by atoms with Crippen molar-refractivity contribution in [3.63, 3.8) is 0 Å². The first kappa shape index (κ1) is 24.0. The van der Waals surface area contributed by atoms with E-state index in [1.807, 2.05) is 0 Å². The van der Waals surface area contributed by atoms with Gasteiger partial charge in [-0.05, 0) is 48.9 Å². The van der Waals surface area contributed by atoms with Crippen LogP contribution in [0.1, 0.15) is 44.7 Å². The van der Waals surface area contributed by atoms with Gasteiger partial charge < -0.3 is 39.4 Å². The normalized spacial score (nSPS) is 10.9. The SMILES string of the molecule is O=C(O)c1cc(CCCOCOCO)cc(C(=O)O)c1CCCOCOCO. The van der Waals surface area contributed by atoms with E-state index in [-0.39, 0.29) is 43.3 Å². The Morgan fingerprint density at radius 3 is 1.64 bits per heavy atom. The summed E-state index contributed by atoms with van der Waals surface area (Å²) in [6.45, 7) is -0.509. The number of aliphatic hydroxyl groups is 2. The molecule has 0 aromatic heterocycles. The Bertz CT molecular complexity index is 581. The van der Waals surface area contributed by atoms with E-state index < -0.39 is 25.5 Å². The van der Waals surface area contributed by atoms with E-state index in [9.17, 15) is 19.8 Å². The minimum absolute atomic E-state index is 0.0500. The zero-order valence-electron chi connectivity index (χ0n) is 15.5. The summed E-state index contributed by atoms with van der Waals surface area (Å²) in [6, 6.07) is 2.95. The molecule has 0 saturated heterocycles. The fraction of sp³-hybridized carbons (Fsp3) is 0.556. The lowest BCUT2D eigenvalue weighted by Crippen LogP contribution is -2.13. The van der Waals surface area contributed by atoms with Crippen LogP contribution in [-0.2, 0) is 31.8 Å². The van der Waals surface area contributed by atoms with Crippen LogP contribution in [0, 0.1) is 0 Å². The molecule has 0 aliphatic heterocycles. The number of carboxylic acids is 2. The maximum atomic E-state index is 11.6. The Morgan fingerprint density at radius 2 is 1.21 bits per heavy atom. The van der Waals surface area contributed by atoms with Crippen LogP contribution in [-0.4, -0.2) is 72.8 Å². The fourth-order valence-corrected chi connectivity index (χ4v) is 2.57. The van der Waals surface area contributed by atoms with Gasteiger partial charge in [-0.3, -0.25) is 0 Å². The van der Waals surface area contributed by atoms with Crippen LogP contribution in [0.4, 0.5) is 0 Å². The molecule has 0 unspecified atom stereocenters. The van der Waals surface area contributed by atoms with Gasteiger partial charge in [0.15, 0.2) is 0 Å². The first-order valence-corrected chi connectivity index (χ1v) is 8.66. The van der Waals surface area contributed by atoms with Gasteiger partial charge in [0.05, 0.1) is 11.1 Å². The largest absolute Gasteiger partial charge is 0.478 e. The van der Waals surface area contributed by atoms with E-state index in [1.165, 1.54) is 12.1 Å². The molecule has 0 radical (unpaired) electrons. The van der Waals surface area contributed by atoms with E-state index in [2.05, 4.69) is 9.47 Å². The van der Waals surface area contributed by atoms with Crippen LogP contribution >= 0.6 is 0 Å². The highest BCUT2D eigenvalue weighted by atomic mass is 16.7. The zero-order valence-corrected chi connectivity index (χ0v) is 15.5. The topological polar surface area (TPSA) is 152 Å². The highest BCUT2D eigenvalue weighted by Gasteiger charge is 2.20. The third-order valence-electron chi connectivity index (χ3n) is 3.76. The summed E-state index contributed by atoms with van der Waals surface area (Å²) in [5.41, 5.74) is 0.720. The summed E-state index contributed by atoms with van der Waals surface area (Å²) >= 11 is 0. The van der Waals surface area contributed by atoms with E-state index >= 15 is 0 Å². The van der Waals surface area contributed by atoms with Gasteiger partial charge in [-0.15, -0.1) is 0 Å². The van der Waals surface area contributed by atoms with Crippen molar-refractivity contribution in [2.24, 2.45) is 0 Å². The molecule has 10 heteroatoms. The van der Waals surface area contributed by atoms with Crippen LogP contribution < -0.4 is 0 Å². The summed E-state index contributed by atoms with van der Waals surface area (Å²) in [6.07, 6.45) is 1.57. The van der Waals surface area contributed by atoms with Gasteiger partial charge >= 0.3 is 11.9 Å². The number of ether oxygens (including phenoxy) is 4. The maximum absolute atomic E-state index is 11.6. The van der Waals surface area contributed by atoms with Gasteiger partial charge in [0.25, 0.3) is 0 Å². The number of hydrogen-bond donors (Lipinski definition) is 4. The zero-order chi connectivity index (χ0) is 20.8. The van der Waals surface area contributed by atoms with Crippen molar-refractivity contribution in [2.75, 3.05) is 40.4 Å². The second kappa shape index (κ2) is 14.0. The van der Waals surface area contributed by atoms with Crippen molar-refractivity contribution in [3.8, 4) is 0 Å². The van der Waals surface area contributed by atoms with Crippen LogP contribution in [0.2, 0.25) is 0 Å². The van der Waals surface area contributed by atoms with Crippen molar-refractivity contribution in [3.05, 3.63) is 34.4 Å². The van der Waals surface area contributed by atoms with Crippen LogP contribution in [0.25, 0.3) is 0 Å². The minimum Gasteiger partial charge on any atom is -0.478 e. The van der Waals surface area contributed by atoms with E-state index in [1.54, 1.807) is 0 Å². The molecule has 0 spiro atoms. The number of hydrogen-bond acceptors (Lipinski definition) is 8. The molecule has 0 atom stereocenters. The molecule has 158 valence electrons. The fourth-order valence-electron chi connectivity index (χ4n) is 2.57. The van der Waals surface area contributed by atoms with E-state index in [4.69, 9.17) is 19.7 Å². The Morgan fingerprint density at radius 1 is 0.750 bits per heavy atom. The summed E-state index contributed by atoms with van der Waals surface area (Å²) in [5.74, 6) is -2.40. The average Bonchev–Trinajstić information content (AvgIpc) is 2.67. The number of rotatable bonds is 16. The highest BCUT2D eigenvalue weighted by molar-refractivity contribution is 5.97. The Balaban J connectivity index is 2.78. The number of aromatic carboxylic acids is 2. The molecule has 0 bridgehead atoms. The van der Waals surface area contributed by atoms with Crippen LogP contribution in [0.15, 0.2) is 12.1 Å². The first-order chi connectivity index (χ1) is 13.5. The Kier molecular flexibility index (Phi) is 12.0. The van der Waals surface area contributed by atoms with Crippen LogP contribution in [0.5, 0.6) is 0 Å². The van der Waals surface area contributed by atoms with Crippen LogP contribution in [0.3, 0.4) is 0 Å². The van der Waals surface area contributed by atoms with Crippen molar-refractivity contribution in [1.29, 1.82) is 0 Å². The summed E-state index contributed by atoms with van der Waals surface area (Å²) in [4.78, 5) is 23.3. The minimum atomic E-state index is -1.20. The molecular formula is C18H26O10. The second-order valence-corrected chi connectivity index (χ2v) is 5.71. The molecule has 0 aliphatic rings. The first-order valence-electron chi connectivity index (χ1n) is 8.66. The molecule has 4 N–H and O–H groups in total. The number of carbonyl (C=O) groups is 2. The van der Waals surface area contributed by atoms with Gasteiger partial charge in [0.2, 0.25) is 0 Å². The number of benzene rings is 1. The average molecular weight is 402 g/mol. The van der Waals surface area contributed by atoms with E-state index in [0.717, 1.165) is 0 Å². The van der Waals surface area contributed by atoms with Crippen molar-refractivity contribution in [2.45, 2.75) is 25.7 Å². The predicted molar refractivity (Wildman–Crippen MR) is 95.0 cm³/mol. The molecule has 1 aromatic rings. The monoisotopic (exact) mass is 402 g/mol. The maximum Gasteiger partial charge on any atom is 0.335 e. The molecule has 10 nitrogen and oxygen atoms in total. The predicted octanol–water partition coefficient (Wildman–Crippen LogP) is 0.829. The number of aliphatic hydroxyl groups excluding tert-OH is 2. The molecule has 0 fully saturated rings. The summed E-state index contributed by atoms with van der Waals surface area (Å²) in [5, 5.41) is 36.0. The molecule has 28 heavy (non-hydrogen) atoms. The third kappa shape index (κ3) is 8.74. The Labute approximate surface area is 162 Å². The van der Waals surface area contributed by atoms with Crippen molar-refractivity contribution >= 4 is 11.9 Å². The molecule has 0 heterocycles. The molecule has 0 saturated carbocycles. The lowest BCUT2D eigenvalue weighted by molar-refractivity contribution is -0.108. The van der Waals surface area contributed by atoms with E-state index in [0.29, 0.717) is 31.4 Å². The summed E-state index contributed by atoms with van der Waals surface area (Å²) in [7, 11) is 0. The number of carboxylic acid groups (broad SMARTS) is 2. The Hall–Kier alpha value is -2.08. The van der Waals surface area contributed by atoms with Gasteiger partial charge in [-0.25, -0.2) is 9.59 Å². The smallest absolute Gasteiger partial charge is 0.335 e. The molecule has 0 amide bonds. The number of aryl methyl sites for hydroxylation is 1. The lowest BCUT2D eigenvalue weighted by atomic mass is 9.93. The lowest BCUT2D eigenvalue weighted by Gasteiger charge is -2.13.